The largest absolute Gasteiger partial charge is 0.489 e. The minimum absolute atomic E-state index is 0.00313. The molecule has 4 unspecified atom stereocenters. The molecule has 21 heteroatoms. The molecule has 6 heterocycles. The highest BCUT2D eigenvalue weighted by Gasteiger charge is 2.34. The van der Waals surface area contributed by atoms with Crippen LogP contribution < -0.4 is 14.2 Å². The number of hydrogen-bond donors (Lipinski definition) is 0. The van der Waals surface area contributed by atoms with Gasteiger partial charge in [-0.25, -0.2) is 4.79 Å². The number of carbonyl (C=O) groups excluding carboxylic acids is 9. The molecule has 0 aliphatic carbocycles. The number of ketones is 3. The van der Waals surface area contributed by atoms with Gasteiger partial charge in [0.2, 0.25) is 0 Å². The van der Waals surface area contributed by atoms with Crippen LogP contribution >= 0.6 is 35.3 Å². The summed E-state index contributed by atoms with van der Waals surface area (Å²) in [6, 6.07) is 42.6. The second kappa shape index (κ2) is 37.5. The van der Waals surface area contributed by atoms with E-state index in [-0.39, 0.29) is 99.5 Å². The van der Waals surface area contributed by atoms with E-state index in [0.717, 1.165) is 124 Å². The first-order chi connectivity index (χ1) is 46.4. The molecule has 0 amide bonds. The summed E-state index contributed by atoms with van der Waals surface area (Å²) < 4.78 is 34.6. The Kier molecular flexibility index (Phi) is 28.5. The Hall–Kier alpha value is -8.79. The number of rotatable bonds is 29. The van der Waals surface area contributed by atoms with Crippen LogP contribution in [0.3, 0.4) is 0 Å². The molecule has 7 aromatic rings. The molecule has 0 N–H and O–H groups in total. The number of unbranched alkanes of at least 4 members (excludes halogenated alkanes) is 2. The van der Waals surface area contributed by atoms with E-state index >= 15 is 0 Å². The first-order valence-corrected chi connectivity index (χ1v) is 34.9. The molecule has 96 heavy (non-hydrogen) atoms. The van der Waals surface area contributed by atoms with E-state index in [0.29, 0.717) is 48.5 Å². The lowest BCUT2D eigenvalue weighted by Crippen LogP contribution is -2.18. The Bertz CT molecular complexity index is 3740. The van der Waals surface area contributed by atoms with Crippen LogP contribution in [0.1, 0.15) is 159 Å². The topological polar surface area (TPSA) is 248 Å². The van der Waals surface area contributed by atoms with Gasteiger partial charge in [-0.3, -0.25) is 53.3 Å². The SMILES string of the molecule is CCCCCC(=O)O[C@@H](COc1ccc(CC2SC(=O)CC2=O)cc1)c1ccc(CC)nc1.CCc1ccc(C(COc2ccc(CC3SC(=O)CC3=O)cc2)OC(=O)c2ccccc2)cn1.CCc1ccc([C@@H](COc2ccc(CC3SC(=O)CC3=O)cc2)OC(C)=O)cn1. The molecule has 6 atom stereocenters. The number of ether oxygens (including phenoxy) is 6. The van der Waals surface area contributed by atoms with Crippen LogP contribution in [0.4, 0.5) is 0 Å². The van der Waals surface area contributed by atoms with E-state index in [2.05, 4.69) is 21.9 Å². The molecule has 3 saturated heterocycles. The van der Waals surface area contributed by atoms with E-state index in [1.165, 1.54) is 6.92 Å². The monoisotopic (exact) mass is 1360 g/mol. The predicted molar refractivity (Wildman–Crippen MR) is 368 cm³/mol. The third-order valence-corrected chi connectivity index (χ3v) is 19.0. The van der Waals surface area contributed by atoms with Gasteiger partial charge in [-0.05, 0) is 128 Å². The number of nitrogens with zero attached hydrogens (tertiary/aromatic N) is 3. The van der Waals surface area contributed by atoms with Gasteiger partial charge in [0, 0.05) is 65.7 Å². The first kappa shape index (κ1) is 73.0. The number of carbonyl (C=O) groups is 9. The van der Waals surface area contributed by atoms with E-state index in [1.54, 1.807) is 42.9 Å². The Labute approximate surface area is 572 Å². The van der Waals surface area contributed by atoms with Crippen molar-refractivity contribution in [3.8, 4) is 17.2 Å². The fourth-order valence-corrected chi connectivity index (χ4v) is 13.3. The second-order valence-corrected chi connectivity index (χ2v) is 26.7. The van der Waals surface area contributed by atoms with E-state index in [1.807, 2.05) is 136 Å². The Balaban J connectivity index is 0.000000185. The second-order valence-electron chi connectivity index (χ2n) is 22.9. The molecule has 3 fully saturated rings. The van der Waals surface area contributed by atoms with E-state index in [4.69, 9.17) is 28.4 Å². The number of thioether (sulfide) groups is 3. The van der Waals surface area contributed by atoms with E-state index in [9.17, 15) is 43.2 Å². The highest BCUT2D eigenvalue weighted by atomic mass is 32.2. The van der Waals surface area contributed by atoms with Crippen molar-refractivity contribution in [2.75, 3.05) is 19.8 Å². The lowest BCUT2D eigenvalue weighted by Gasteiger charge is -2.19. The molecule has 10 rings (SSSR count). The summed E-state index contributed by atoms with van der Waals surface area (Å²) in [6.45, 7) is 10.0. The predicted octanol–water partition coefficient (Wildman–Crippen LogP) is 13.3. The van der Waals surface area contributed by atoms with Crippen molar-refractivity contribution >= 4 is 85.9 Å². The number of aryl methyl sites for hydroxylation is 3. The van der Waals surface area contributed by atoms with Crippen LogP contribution in [-0.2, 0) is 91.1 Å². The van der Waals surface area contributed by atoms with Crippen LogP contribution in [0.5, 0.6) is 17.2 Å². The van der Waals surface area contributed by atoms with Gasteiger partial charge < -0.3 is 28.4 Å². The average Bonchev–Trinajstić information content (AvgIpc) is 1.49. The van der Waals surface area contributed by atoms with Gasteiger partial charge in [-0.2, -0.15) is 0 Å². The summed E-state index contributed by atoms with van der Waals surface area (Å²) in [5, 5.41) is -1.06. The van der Waals surface area contributed by atoms with Crippen molar-refractivity contribution in [1.82, 2.24) is 15.0 Å². The summed E-state index contributed by atoms with van der Waals surface area (Å²) >= 11 is 3.36. The molecular weight excluding hydrogens is 1280 g/mol. The van der Waals surface area contributed by atoms with Gasteiger partial charge in [-0.1, -0.05) is 149 Å². The van der Waals surface area contributed by atoms with Crippen molar-refractivity contribution < 1.29 is 71.6 Å². The minimum atomic E-state index is -0.635. The van der Waals surface area contributed by atoms with Crippen LogP contribution in [0, 0.1) is 0 Å². The zero-order valence-corrected chi connectivity index (χ0v) is 56.9. The molecule has 0 spiro atoms. The molecule has 4 aromatic carbocycles. The van der Waals surface area contributed by atoms with Crippen molar-refractivity contribution in [2.45, 2.75) is 152 Å². The van der Waals surface area contributed by atoms with Crippen molar-refractivity contribution in [2.24, 2.45) is 0 Å². The van der Waals surface area contributed by atoms with Crippen LogP contribution in [-0.4, -0.2) is 101 Å². The van der Waals surface area contributed by atoms with Crippen molar-refractivity contribution in [3.63, 3.8) is 0 Å². The third kappa shape index (κ3) is 23.3. The third-order valence-electron chi connectivity index (χ3n) is 15.7. The van der Waals surface area contributed by atoms with Gasteiger partial charge >= 0.3 is 17.9 Å². The van der Waals surface area contributed by atoms with Crippen molar-refractivity contribution in [1.29, 1.82) is 0 Å². The van der Waals surface area contributed by atoms with Gasteiger partial charge in [-0.15, -0.1) is 0 Å². The summed E-state index contributed by atoms with van der Waals surface area (Å²) in [6.07, 6.45) is 10.8. The fourth-order valence-electron chi connectivity index (χ4n) is 10.2. The lowest BCUT2D eigenvalue weighted by molar-refractivity contribution is -0.151. The molecule has 18 nitrogen and oxygen atoms in total. The molecule has 3 aromatic heterocycles. The maximum absolute atomic E-state index is 12.7. The minimum Gasteiger partial charge on any atom is -0.489 e. The van der Waals surface area contributed by atoms with Gasteiger partial charge in [0.1, 0.15) is 37.1 Å². The number of esters is 3. The number of Topliss-reactive ketones (excluding diaryl/α,β-unsaturated/α-hetero) is 3. The smallest absolute Gasteiger partial charge is 0.338 e. The summed E-state index contributed by atoms with van der Waals surface area (Å²) in [5.74, 6) is 0.810. The highest BCUT2D eigenvalue weighted by Crippen LogP contribution is 2.32. The normalized spacial score (nSPS) is 16.7. The van der Waals surface area contributed by atoms with Crippen LogP contribution in [0.15, 0.2) is 158 Å². The molecule has 0 saturated carbocycles. The molecule has 0 radical (unpaired) electrons. The molecule has 3 aliphatic heterocycles. The fraction of sp³-hybridized carbons (Fsp3) is 0.360. The number of hydrogen-bond acceptors (Lipinski definition) is 21. The Morgan fingerprint density at radius 2 is 0.792 bits per heavy atom. The van der Waals surface area contributed by atoms with Gasteiger partial charge in [0.15, 0.2) is 51.0 Å². The van der Waals surface area contributed by atoms with E-state index < -0.39 is 24.3 Å². The molecule has 3 aliphatic rings. The maximum Gasteiger partial charge on any atom is 0.338 e. The Morgan fingerprint density at radius 3 is 1.09 bits per heavy atom. The lowest BCUT2D eigenvalue weighted by atomic mass is 10.1. The molecular formula is C75H79N3O15S3. The molecule has 0 bridgehead atoms. The summed E-state index contributed by atoms with van der Waals surface area (Å²) in [5.41, 5.74) is 8.58. The first-order valence-electron chi connectivity index (χ1n) is 32.2. The van der Waals surface area contributed by atoms with Crippen LogP contribution in [0.25, 0.3) is 0 Å². The number of pyridine rings is 3. The quantitative estimate of drug-likeness (QED) is 0.0183. The number of benzene rings is 4. The van der Waals surface area contributed by atoms with Crippen molar-refractivity contribution in [3.05, 3.63) is 214 Å². The zero-order valence-electron chi connectivity index (χ0n) is 54.5. The summed E-state index contributed by atoms with van der Waals surface area (Å²) in [4.78, 5) is 119. The van der Waals surface area contributed by atoms with Crippen LogP contribution in [0.2, 0.25) is 0 Å². The average molecular weight is 1360 g/mol. The number of aromatic nitrogens is 3. The standard InChI is InChI=1S/C27H25NO5S.C26H31NO5S.C22H23NO5S/c1-2-21-11-10-20(16-28-21)24(33-27(31)19-6-4-3-5-7-19)17-32-22-12-8-18(9-13-22)14-25-23(29)15-26(30)34-25;1-3-5-6-7-25(29)32-23(19-10-11-20(4-2)27-16-19)17-31-21-12-8-18(9-13-21)14-24-22(28)15-26(30)33-24;1-3-17-7-6-16(12-23-17)20(28-14(2)24)13-27-18-8-4-15(5-9-18)10-21-19(25)11-22(26)29-21/h3-13,16,24-25H,2,14-15,17H2,1H3;8-13,16,23-24H,3-7,14-15,17H2,1-2H3;4-9,12,20-21H,3,10-11,13H2,1-2H3/t;23-,24?;20-,21?/m.01/s1. The maximum atomic E-state index is 12.7. The van der Waals surface area contributed by atoms with Gasteiger partial charge in [0.05, 0.1) is 40.6 Å². The highest BCUT2D eigenvalue weighted by molar-refractivity contribution is 8.16. The summed E-state index contributed by atoms with van der Waals surface area (Å²) in [7, 11) is 0. The molecule has 502 valence electrons. The zero-order chi connectivity index (χ0) is 68.3. The van der Waals surface area contributed by atoms with Gasteiger partial charge in [0.25, 0.3) is 0 Å². The Morgan fingerprint density at radius 1 is 0.438 bits per heavy atom.